The summed E-state index contributed by atoms with van der Waals surface area (Å²) in [6.45, 7) is 0.851. The van der Waals surface area contributed by atoms with Crippen LogP contribution in [-0.2, 0) is 6.42 Å². The molecule has 0 atom stereocenters. The molecule has 3 nitrogen and oxygen atoms in total. The number of nitrogens with zero attached hydrogens (tertiary/aromatic N) is 1. The van der Waals surface area contributed by atoms with Crippen molar-refractivity contribution >= 4 is 27.5 Å². The van der Waals surface area contributed by atoms with Gasteiger partial charge in [0.1, 0.15) is 0 Å². The summed E-state index contributed by atoms with van der Waals surface area (Å²) in [6.07, 6.45) is 3.08. The zero-order valence-electron chi connectivity index (χ0n) is 12.1. The molecule has 4 aromatic rings. The van der Waals surface area contributed by atoms with E-state index in [1.54, 1.807) is 0 Å². The quantitative estimate of drug-likeness (QED) is 0.530. The van der Waals surface area contributed by atoms with Crippen molar-refractivity contribution in [3.63, 3.8) is 0 Å². The van der Waals surface area contributed by atoms with Gasteiger partial charge >= 0.3 is 0 Å². The van der Waals surface area contributed by atoms with Crippen LogP contribution in [0.5, 0.6) is 0 Å². The Hall–Kier alpha value is -2.81. The van der Waals surface area contributed by atoms with E-state index in [0.717, 1.165) is 24.2 Å². The molecule has 0 saturated carbocycles. The molecule has 22 heavy (non-hydrogen) atoms. The number of H-pyrrole nitrogens is 2. The van der Waals surface area contributed by atoms with Crippen LogP contribution in [0, 0.1) is 0 Å². The Balaban J connectivity index is 1.79. The molecule has 0 spiro atoms. The highest BCUT2D eigenvalue weighted by Gasteiger charge is 2.22. The third kappa shape index (κ3) is 1.53. The predicted molar refractivity (Wildman–Crippen MR) is 90.8 cm³/mol. The molecule has 0 saturated heterocycles. The van der Waals surface area contributed by atoms with Crippen molar-refractivity contribution in [3.05, 3.63) is 71.5 Å². The van der Waals surface area contributed by atoms with Crippen LogP contribution < -0.4 is 0 Å². The highest BCUT2D eigenvalue weighted by Crippen LogP contribution is 2.30. The molecule has 0 amide bonds. The van der Waals surface area contributed by atoms with Gasteiger partial charge < -0.3 is 9.97 Å². The number of nitrogens with one attached hydrogen (secondary N) is 2. The van der Waals surface area contributed by atoms with Gasteiger partial charge in [-0.15, -0.1) is 0 Å². The highest BCUT2D eigenvalue weighted by atomic mass is 14.8. The van der Waals surface area contributed by atoms with Gasteiger partial charge in [0.15, 0.2) is 0 Å². The maximum atomic E-state index is 4.82. The fourth-order valence-electron chi connectivity index (χ4n) is 3.51. The summed E-state index contributed by atoms with van der Waals surface area (Å²) in [5.41, 5.74) is 7.19. The molecule has 1 aliphatic heterocycles. The second kappa shape index (κ2) is 4.34. The molecule has 2 N–H and O–H groups in total. The van der Waals surface area contributed by atoms with E-state index in [4.69, 9.17) is 4.99 Å². The van der Waals surface area contributed by atoms with Gasteiger partial charge in [-0.3, -0.25) is 4.99 Å². The molecule has 3 heteroatoms. The summed E-state index contributed by atoms with van der Waals surface area (Å²) in [7, 11) is 0. The second-order valence-corrected chi connectivity index (χ2v) is 5.75. The summed E-state index contributed by atoms with van der Waals surface area (Å²) in [5, 5.41) is 2.55. The Morgan fingerprint density at radius 3 is 2.55 bits per heavy atom. The molecule has 3 heterocycles. The van der Waals surface area contributed by atoms with E-state index >= 15 is 0 Å². The van der Waals surface area contributed by atoms with Crippen molar-refractivity contribution in [2.75, 3.05) is 6.54 Å². The molecule has 2 aromatic carbocycles. The number of hydrogen-bond acceptors (Lipinski definition) is 1. The van der Waals surface area contributed by atoms with Crippen molar-refractivity contribution in [1.82, 2.24) is 9.97 Å². The summed E-state index contributed by atoms with van der Waals surface area (Å²) < 4.78 is 0. The summed E-state index contributed by atoms with van der Waals surface area (Å²) in [5.74, 6) is 0. The Kier molecular flexibility index (Phi) is 2.33. The van der Waals surface area contributed by atoms with E-state index in [1.807, 2.05) is 0 Å². The van der Waals surface area contributed by atoms with Gasteiger partial charge in [0, 0.05) is 40.1 Å². The smallest absolute Gasteiger partial charge is 0.0906 e. The molecule has 2 aromatic heterocycles. The van der Waals surface area contributed by atoms with E-state index in [1.165, 1.54) is 33.1 Å². The minimum absolute atomic E-state index is 0.851. The largest absolute Gasteiger partial charge is 0.360 e. The lowest BCUT2D eigenvalue weighted by atomic mass is 9.98. The average molecular weight is 285 g/mol. The summed E-state index contributed by atoms with van der Waals surface area (Å²) >= 11 is 0. The van der Waals surface area contributed by atoms with Crippen molar-refractivity contribution in [1.29, 1.82) is 0 Å². The van der Waals surface area contributed by atoms with Crippen molar-refractivity contribution in [3.8, 4) is 0 Å². The Bertz CT molecular complexity index is 1030. The SMILES string of the molecule is c1ccc2c(C3=NCCc4c3[nH]c3ccccc43)c[nH]c2c1. The third-order valence-corrected chi connectivity index (χ3v) is 4.53. The molecular weight excluding hydrogens is 270 g/mol. The minimum atomic E-state index is 0.851. The molecule has 0 unspecified atom stereocenters. The van der Waals surface area contributed by atoms with Crippen molar-refractivity contribution in [2.24, 2.45) is 4.99 Å². The number of aromatic nitrogens is 2. The standard InChI is InChI=1S/C19H15N3/c1-3-7-16-13(6-1)15(11-21-16)18-19-14(9-10-20-18)12-5-2-4-8-17(12)22-19/h1-8,11,21-22H,9-10H2. The molecule has 5 rings (SSSR count). The molecular formula is C19H15N3. The van der Waals surface area contributed by atoms with Gasteiger partial charge in [0.2, 0.25) is 0 Å². The molecule has 0 fully saturated rings. The van der Waals surface area contributed by atoms with Crippen LogP contribution in [0.1, 0.15) is 16.8 Å². The van der Waals surface area contributed by atoms with Crippen LogP contribution in [0.25, 0.3) is 21.8 Å². The van der Waals surface area contributed by atoms with Gasteiger partial charge in [-0.1, -0.05) is 36.4 Å². The van der Waals surface area contributed by atoms with Gasteiger partial charge in [0.05, 0.1) is 11.4 Å². The minimum Gasteiger partial charge on any atom is -0.360 e. The lowest BCUT2D eigenvalue weighted by molar-refractivity contribution is 0.948. The van der Waals surface area contributed by atoms with E-state index in [0.29, 0.717) is 0 Å². The first kappa shape index (κ1) is 11.8. The number of fused-ring (bicyclic) bond motifs is 4. The lowest BCUT2D eigenvalue weighted by Crippen LogP contribution is -2.13. The Morgan fingerprint density at radius 1 is 0.864 bits per heavy atom. The van der Waals surface area contributed by atoms with E-state index in [2.05, 4.69) is 64.7 Å². The summed E-state index contributed by atoms with van der Waals surface area (Å²) in [4.78, 5) is 11.8. The first-order valence-electron chi connectivity index (χ1n) is 7.63. The molecule has 0 aliphatic carbocycles. The van der Waals surface area contributed by atoms with Crippen LogP contribution in [0.2, 0.25) is 0 Å². The number of para-hydroxylation sites is 2. The Morgan fingerprint density at radius 2 is 1.64 bits per heavy atom. The van der Waals surface area contributed by atoms with E-state index < -0.39 is 0 Å². The number of hydrogen-bond donors (Lipinski definition) is 2. The van der Waals surface area contributed by atoms with Crippen molar-refractivity contribution in [2.45, 2.75) is 6.42 Å². The summed E-state index contributed by atoms with van der Waals surface area (Å²) in [6, 6.07) is 16.9. The van der Waals surface area contributed by atoms with Gasteiger partial charge in [-0.2, -0.15) is 0 Å². The fourth-order valence-corrected chi connectivity index (χ4v) is 3.51. The fraction of sp³-hybridized carbons (Fsp3) is 0.105. The Labute approximate surface area is 127 Å². The highest BCUT2D eigenvalue weighted by molar-refractivity contribution is 6.21. The van der Waals surface area contributed by atoms with Crippen LogP contribution >= 0.6 is 0 Å². The van der Waals surface area contributed by atoms with Crippen LogP contribution in [-0.4, -0.2) is 22.2 Å². The van der Waals surface area contributed by atoms with Crippen LogP contribution in [0.15, 0.2) is 59.7 Å². The lowest BCUT2D eigenvalue weighted by Gasteiger charge is -2.13. The average Bonchev–Trinajstić information content (AvgIpc) is 3.16. The number of aliphatic imine (C=N–C) groups is 1. The maximum Gasteiger partial charge on any atom is 0.0906 e. The monoisotopic (exact) mass is 285 g/mol. The normalized spacial score (nSPS) is 14.3. The van der Waals surface area contributed by atoms with E-state index in [9.17, 15) is 0 Å². The van der Waals surface area contributed by atoms with Crippen molar-refractivity contribution < 1.29 is 0 Å². The zero-order valence-corrected chi connectivity index (χ0v) is 12.1. The first-order chi connectivity index (χ1) is 10.9. The van der Waals surface area contributed by atoms with Gasteiger partial charge in [-0.05, 0) is 24.1 Å². The molecule has 0 bridgehead atoms. The number of aromatic amines is 2. The van der Waals surface area contributed by atoms with Crippen LogP contribution in [0.3, 0.4) is 0 Å². The van der Waals surface area contributed by atoms with Gasteiger partial charge in [0.25, 0.3) is 0 Å². The van der Waals surface area contributed by atoms with Crippen LogP contribution in [0.4, 0.5) is 0 Å². The molecule has 0 radical (unpaired) electrons. The maximum absolute atomic E-state index is 4.82. The molecule has 106 valence electrons. The molecule has 1 aliphatic rings. The topological polar surface area (TPSA) is 43.9 Å². The van der Waals surface area contributed by atoms with E-state index in [-0.39, 0.29) is 0 Å². The van der Waals surface area contributed by atoms with Gasteiger partial charge in [-0.25, -0.2) is 0 Å². The first-order valence-corrected chi connectivity index (χ1v) is 7.63. The number of benzene rings is 2. The predicted octanol–water partition coefficient (Wildman–Crippen LogP) is 4.04. The number of rotatable bonds is 1. The zero-order chi connectivity index (χ0) is 14.5. The second-order valence-electron chi connectivity index (χ2n) is 5.75. The third-order valence-electron chi connectivity index (χ3n) is 4.53.